The topological polar surface area (TPSA) is 98.5 Å². The Balaban J connectivity index is 1.78. The summed E-state index contributed by atoms with van der Waals surface area (Å²) in [6, 6.07) is 13.5. The zero-order chi connectivity index (χ0) is 18.7. The molecule has 0 atom stereocenters. The van der Waals surface area contributed by atoms with Crippen LogP contribution in [0.2, 0.25) is 0 Å². The van der Waals surface area contributed by atoms with E-state index in [1.54, 1.807) is 0 Å². The Morgan fingerprint density at radius 3 is 2.38 bits per heavy atom. The number of nitro benzene ring substituents is 1. The predicted molar refractivity (Wildman–Crippen MR) is 94.1 cm³/mol. The lowest BCUT2D eigenvalue weighted by atomic mass is 9.96. The Labute approximate surface area is 150 Å². The molecule has 1 saturated carbocycles. The van der Waals surface area contributed by atoms with Gasteiger partial charge < -0.3 is 10.1 Å². The van der Waals surface area contributed by atoms with Crippen molar-refractivity contribution >= 4 is 17.6 Å². The van der Waals surface area contributed by atoms with Gasteiger partial charge in [0.2, 0.25) is 0 Å². The fraction of sp³-hybridized carbons (Fsp3) is 0.263. The summed E-state index contributed by atoms with van der Waals surface area (Å²) in [6.45, 7) is 0.437. The quantitative estimate of drug-likeness (QED) is 0.488. The number of rotatable bonds is 6. The van der Waals surface area contributed by atoms with Gasteiger partial charge in [0.15, 0.2) is 0 Å². The zero-order valence-corrected chi connectivity index (χ0v) is 14.2. The second kappa shape index (κ2) is 6.95. The third kappa shape index (κ3) is 3.56. The second-order valence-corrected chi connectivity index (χ2v) is 6.35. The van der Waals surface area contributed by atoms with Crippen LogP contribution in [0.3, 0.4) is 0 Å². The van der Waals surface area contributed by atoms with E-state index in [1.165, 1.54) is 13.2 Å². The Morgan fingerprint density at radius 2 is 1.81 bits per heavy atom. The van der Waals surface area contributed by atoms with E-state index in [0.29, 0.717) is 6.54 Å². The first-order valence-corrected chi connectivity index (χ1v) is 8.17. The van der Waals surface area contributed by atoms with Gasteiger partial charge in [0.05, 0.1) is 17.6 Å². The molecule has 3 rings (SSSR count). The van der Waals surface area contributed by atoms with Gasteiger partial charge in [0.1, 0.15) is 0 Å². The van der Waals surface area contributed by atoms with Gasteiger partial charge in [-0.05, 0) is 24.5 Å². The van der Waals surface area contributed by atoms with Crippen LogP contribution in [0.5, 0.6) is 0 Å². The van der Waals surface area contributed by atoms with Gasteiger partial charge in [-0.2, -0.15) is 0 Å². The van der Waals surface area contributed by atoms with Crippen LogP contribution in [0.25, 0.3) is 0 Å². The van der Waals surface area contributed by atoms with Crippen LogP contribution in [0, 0.1) is 10.1 Å². The first-order valence-electron chi connectivity index (χ1n) is 8.17. The number of carbonyl (C=O) groups excluding carboxylic acids is 2. The van der Waals surface area contributed by atoms with E-state index in [0.717, 1.165) is 30.5 Å². The molecule has 0 heterocycles. The maximum absolute atomic E-state index is 12.5. The largest absolute Gasteiger partial charge is 0.465 e. The lowest BCUT2D eigenvalue weighted by Crippen LogP contribution is -2.32. The van der Waals surface area contributed by atoms with Gasteiger partial charge in [-0.15, -0.1) is 0 Å². The van der Waals surface area contributed by atoms with Crippen LogP contribution in [0.1, 0.15) is 39.1 Å². The summed E-state index contributed by atoms with van der Waals surface area (Å²) in [5.41, 5.74) is 0.777. The first-order chi connectivity index (χ1) is 12.4. The van der Waals surface area contributed by atoms with E-state index in [1.807, 2.05) is 30.3 Å². The highest BCUT2D eigenvalue weighted by Gasteiger charge is 2.44. The Kier molecular flexibility index (Phi) is 4.71. The van der Waals surface area contributed by atoms with Crippen molar-refractivity contribution in [3.8, 4) is 0 Å². The van der Waals surface area contributed by atoms with Crippen molar-refractivity contribution in [3.05, 3.63) is 75.3 Å². The minimum absolute atomic E-state index is 0.0314. The average Bonchev–Trinajstić information content (AvgIpc) is 3.47. The number of hydrogen-bond donors (Lipinski definition) is 1. The molecule has 26 heavy (non-hydrogen) atoms. The highest BCUT2D eigenvalue weighted by Crippen LogP contribution is 2.47. The van der Waals surface area contributed by atoms with Crippen LogP contribution in [-0.2, 0) is 10.2 Å². The van der Waals surface area contributed by atoms with Crippen molar-refractivity contribution in [1.82, 2.24) is 5.32 Å². The Morgan fingerprint density at radius 1 is 1.15 bits per heavy atom. The maximum atomic E-state index is 12.5. The number of carbonyl (C=O) groups is 2. The molecule has 134 valence electrons. The molecule has 1 aliphatic rings. The van der Waals surface area contributed by atoms with Crippen molar-refractivity contribution in [2.75, 3.05) is 13.7 Å². The maximum Gasteiger partial charge on any atom is 0.338 e. The number of hydrogen-bond acceptors (Lipinski definition) is 5. The normalized spacial score (nSPS) is 14.3. The molecule has 1 N–H and O–H groups in total. The number of nitrogens with zero attached hydrogens (tertiary/aromatic N) is 1. The summed E-state index contributed by atoms with van der Waals surface area (Å²) in [5, 5.41) is 13.9. The highest BCUT2D eigenvalue weighted by molar-refractivity contribution is 5.99. The van der Waals surface area contributed by atoms with E-state index in [-0.39, 0.29) is 22.2 Å². The van der Waals surface area contributed by atoms with Crippen LogP contribution in [0.4, 0.5) is 5.69 Å². The van der Waals surface area contributed by atoms with E-state index in [2.05, 4.69) is 10.1 Å². The molecule has 0 bridgehead atoms. The molecule has 0 aromatic heterocycles. The molecule has 2 aromatic carbocycles. The fourth-order valence-corrected chi connectivity index (χ4v) is 2.95. The molecular formula is C19H18N2O5. The summed E-state index contributed by atoms with van der Waals surface area (Å²) < 4.78 is 4.59. The standard InChI is InChI=1S/C19H18N2O5/c1-26-18(23)14-9-13(10-16(11-14)21(24)25)17(22)20-12-19(7-8-19)15-5-3-2-4-6-15/h2-6,9-11H,7-8,12H2,1H3,(H,20,22). The monoisotopic (exact) mass is 354 g/mol. The minimum atomic E-state index is -0.731. The number of benzene rings is 2. The second-order valence-electron chi connectivity index (χ2n) is 6.35. The highest BCUT2D eigenvalue weighted by atomic mass is 16.6. The Hall–Kier alpha value is -3.22. The number of amides is 1. The zero-order valence-electron chi connectivity index (χ0n) is 14.2. The van der Waals surface area contributed by atoms with Gasteiger partial charge in [-0.3, -0.25) is 14.9 Å². The van der Waals surface area contributed by atoms with E-state index in [9.17, 15) is 19.7 Å². The molecule has 1 aliphatic carbocycles. The molecule has 1 amide bonds. The summed E-state index contributed by atoms with van der Waals surface area (Å²) in [7, 11) is 1.18. The SMILES string of the molecule is COC(=O)c1cc(C(=O)NCC2(c3ccccc3)CC2)cc([N+](=O)[O-])c1. The van der Waals surface area contributed by atoms with E-state index >= 15 is 0 Å². The number of non-ortho nitro benzene ring substituents is 1. The molecule has 7 heteroatoms. The van der Waals surface area contributed by atoms with Gasteiger partial charge >= 0.3 is 5.97 Å². The van der Waals surface area contributed by atoms with E-state index in [4.69, 9.17) is 0 Å². The van der Waals surface area contributed by atoms with Crippen molar-refractivity contribution in [3.63, 3.8) is 0 Å². The van der Waals surface area contributed by atoms with E-state index < -0.39 is 16.8 Å². The minimum Gasteiger partial charge on any atom is -0.465 e. The summed E-state index contributed by atoms with van der Waals surface area (Å²) in [4.78, 5) is 34.6. The first kappa shape index (κ1) is 17.6. The predicted octanol–water partition coefficient (Wildman–Crippen LogP) is 2.84. The third-order valence-corrected chi connectivity index (χ3v) is 4.64. The molecule has 0 unspecified atom stereocenters. The van der Waals surface area contributed by atoms with Crippen molar-refractivity contribution in [1.29, 1.82) is 0 Å². The van der Waals surface area contributed by atoms with Gasteiger partial charge in [0, 0.05) is 29.7 Å². The number of nitrogens with one attached hydrogen (secondary N) is 1. The van der Waals surface area contributed by atoms with Crippen molar-refractivity contribution in [2.24, 2.45) is 0 Å². The number of ether oxygens (including phenoxy) is 1. The molecular weight excluding hydrogens is 336 g/mol. The molecule has 2 aromatic rings. The van der Waals surface area contributed by atoms with Gasteiger partial charge in [0.25, 0.3) is 11.6 Å². The molecule has 7 nitrogen and oxygen atoms in total. The summed E-state index contributed by atoms with van der Waals surface area (Å²) in [6.07, 6.45) is 1.94. The third-order valence-electron chi connectivity index (χ3n) is 4.64. The van der Waals surface area contributed by atoms with Crippen LogP contribution >= 0.6 is 0 Å². The van der Waals surface area contributed by atoms with Gasteiger partial charge in [-0.25, -0.2) is 4.79 Å². The van der Waals surface area contributed by atoms with Crippen molar-refractivity contribution < 1.29 is 19.2 Å². The van der Waals surface area contributed by atoms with Gasteiger partial charge in [-0.1, -0.05) is 30.3 Å². The molecule has 0 spiro atoms. The smallest absolute Gasteiger partial charge is 0.338 e. The summed E-state index contributed by atoms with van der Waals surface area (Å²) >= 11 is 0. The van der Waals surface area contributed by atoms with Crippen LogP contribution < -0.4 is 5.32 Å². The molecule has 1 fully saturated rings. The lowest BCUT2D eigenvalue weighted by Gasteiger charge is -2.16. The number of esters is 1. The van der Waals surface area contributed by atoms with Crippen molar-refractivity contribution in [2.45, 2.75) is 18.3 Å². The molecule has 0 radical (unpaired) electrons. The molecule has 0 saturated heterocycles. The summed E-state index contributed by atoms with van der Waals surface area (Å²) in [5.74, 6) is -1.19. The fourth-order valence-electron chi connectivity index (χ4n) is 2.95. The Bertz CT molecular complexity index is 859. The molecule has 0 aliphatic heterocycles. The number of methoxy groups -OCH3 is 1. The number of nitro groups is 1. The lowest BCUT2D eigenvalue weighted by molar-refractivity contribution is -0.384. The van der Waals surface area contributed by atoms with Crippen LogP contribution in [0.15, 0.2) is 48.5 Å². The van der Waals surface area contributed by atoms with Crippen LogP contribution in [-0.4, -0.2) is 30.5 Å². The average molecular weight is 354 g/mol.